The van der Waals surface area contributed by atoms with Crippen molar-refractivity contribution in [3.63, 3.8) is 0 Å². The van der Waals surface area contributed by atoms with Crippen LogP contribution in [0.3, 0.4) is 0 Å². The SMILES string of the molecule is O=[N+]([O-])c1ccc(-c2cccc(Cl)c2O)cc1[N+](=O)[O-]. The average molecular weight is 295 g/mol. The number of phenols is 1. The van der Waals surface area contributed by atoms with Crippen LogP contribution < -0.4 is 0 Å². The summed E-state index contributed by atoms with van der Waals surface area (Å²) in [6, 6.07) is 7.89. The summed E-state index contributed by atoms with van der Waals surface area (Å²) in [5.41, 5.74) is -0.732. The molecule has 7 nitrogen and oxygen atoms in total. The number of halogens is 1. The second-order valence-corrected chi connectivity index (χ2v) is 4.26. The molecule has 0 atom stereocenters. The Balaban J connectivity index is 2.65. The minimum atomic E-state index is -0.844. The van der Waals surface area contributed by atoms with Crippen LogP contribution in [0.4, 0.5) is 11.4 Å². The molecule has 0 unspecified atom stereocenters. The van der Waals surface area contributed by atoms with Gasteiger partial charge in [0.05, 0.1) is 14.9 Å². The maximum Gasteiger partial charge on any atom is 0.346 e. The third-order valence-corrected chi connectivity index (χ3v) is 2.97. The number of benzene rings is 2. The topological polar surface area (TPSA) is 107 Å². The van der Waals surface area contributed by atoms with Gasteiger partial charge in [-0.2, -0.15) is 0 Å². The van der Waals surface area contributed by atoms with Gasteiger partial charge in [0.1, 0.15) is 5.75 Å². The summed E-state index contributed by atoms with van der Waals surface area (Å²) in [5.74, 6) is -0.239. The fraction of sp³-hybridized carbons (Fsp3) is 0. The Morgan fingerprint density at radius 1 is 1.00 bits per heavy atom. The first-order valence-electron chi connectivity index (χ1n) is 5.32. The number of hydrogen-bond donors (Lipinski definition) is 1. The lowest BCUT2D eigenvalue weighted by Crippen LogP contribution is -1.96. The Morgan fingerprint density at radius 2 is 1.65 bits per heavy atom. The Labute approximate surface area is 117 Å². The molecule has 0 heterocycles. The van der Waals surface area contributed by atoms with Crippen LogP contribution in [0.25, 0.3) is 11.1 Å². The number of phenolic OH excluding ortho intramolecular Hbond substituents is 1. The molecule has 0 aromatic heterocycles. The Morgan fingerprint density at radius 3 is 2.25 bits per heavy atom. The van der Waals surface area contributed by atoms with E-state index in [2.05, 4.69) is 0 Å². The third kappa shape index (κ3) is 2.39. The highest BCUT2D eigenvalue weighted by Gasteiger charge is 2.25. The highest BCUT2D eigenvalue weighted by Crippen LogP contribution is 2.38. The molecule has 0 radical (unpaired) electrons. The van der Waals surface area contributed by atoms with Gasteiger partial charge >= 0.3 is 11.4 Å². The van der Waals surface area contributed by atoms with Crippen molar-refractivity contribution in [1.29, 1.82) is 0 Å². The van der Waals surface area contributed by atoms with Crippen molar-refractivity contribution < 1.29 is 15.0 Å². The Hall–Kier alpha value is -2.67. The maximum atomic E-state index is 10.9. The van der Waals surface area contributed by atoms with Gasteiger partial charge in [0.15, 0.2) is 0 Å². The van der Waals surface area contributed by atoms with Gasteiger partial charge in [-0.1, -0.05) is 23.7 Å². The monoisotopic (exact) mass is 294 g/mol. The molecule has 0 fully saturated rings. The lowest BCUT2D eigenvalue weighted by Gasteiger charge is -2.06. The van der Waals surface area contributed by atoms with E-state index in [9.17, 15) is 25.3 Å². The first-order valence-corrected chi connectivity index (χ1v) is 5.70. The quantitative estimate of drug-likeness (QED) is 0.688. The molecule has 0 bridgehead atoms. The minimum Gasteiger partial charge on any atom is -0.506 e. The van der Waals surface area contributed by atoms with Crippen LogP contribution in [0, 0.1) is 20.2 Å². The van der Waals surface area contributed by atoms with E-state index in [-0.39, 0.29) is 21.9 Å². The highest BCUT2D eigenvalue weighted by atomic mass is 35.5. The van der Waals surface area contributed by atoms with Gasteiger partial charge in [-0.15, -0.1) is 0 Å². The average Bonchev–Trinajstić information content (AvgIpc) is 2.41. The first-order chi connectivity index (χ1) is 9.41. The second-order valence-electron chi connectivity index (χ2n) is 3.85. The molecule has 0 amide bonds. The summed E-state index contributed by atoms with van der Waals surface area (Å²) in [6.45, 7) is 0. The molecule has 2 rings (SSSR count). The third-order valence-electron chi connectivity index (χ3n) is 2.67. The zero-order valence-electron chi connectivity index (χ0n) is 9.82. The van der Waals surface area contributed by atoms with Crippen LogP contribution >= 0.6 is 11.6 Å². The van der Waals surface area contributed by atoms with Crippen LogP contribution in [-0.4, -0.2) is 15.0 Å². The van der Waals surface area contributed by atoms with Gasteiger partial charge in [0.25, 0.3) is 0 Å². The van der Waals surface area contributed by atoms with Gasteiger partial charge < -0.3 is 5.11 Å². The molecule has 102 valence electrons. The molecule has 0 saturated carbocycles. The van der Waals surface area contributed by atoms with Crippen molar-refractivity contribution in [3.8, 4) is 16.9 Å². The van der Waals surface area contributed by atoms with Crippen molar-refractivity contribution >= 4 is 23.0 Å². The zero-order chi connectivity index (χ0) is 14.9. The largest absolute Gasteiger partial charge is 0.506 e. The molecular formula is C12H7ClN2O5. The van der Waals surface area contributed by atoms with E-state index in [1.807, 2.05) is 0 Å². The normalized spacial score (nSPS) is 10.2. The molecule has 0 aliphatic rings. The van der Waals surface area contributed by atoms with Crippen molar-refractivity contribution in [3.05, 3.63) is 61.6 Å². The molecule has 20 heavy (non-hydrogen) atoms. The van der Waals surface area contributed by atoms with E-state index in [0.29, 0.717) is 0 Å². The lowest BCUT2D eigenvalue weighted by molar-refractivity contribution is -0.422. The number of para-hydroxylation sites is 1. The van der Waals surface area contributed by atoms with Crippen molar-refractivity contribution in [1.82, 2.24) is 0 Å². The molecule has 2 aromatic carbocycles. The van der Waals surface area contributed by atoms with Crippen molar-refractivity contribution in [2.45, 2.75) is 0 Å². The lowest BCUT2D eigenvalue weighted by atomic mass is 10.0. The highest BCUT2D eigenvalue weighted by molar-refractivity contribution is 6.32. The van der Waals surface area contributed by atoms with Gasteiger partial charge in [-0.25, -0.2) is 0 Å². The zero-order valence-corrected chi connectivity index (χ0v) is 10.6. The fourth-order valence-corrected chi connectivity index (χ4v) is 1.91. The van der Waals surface area contributed by atoms with Gasteiger partial charge in [0.2, 0.25) is 0 Å². The summed E-state index contributed by atoms with van der Waals surface area (Å²) < 4.78 is 0. The van der Waals surface area contributed by atoms with Crippen LogP contribution in [-0.2, 0) is 0 Å². The summed E-state index contributed by atoms with van der Waals surface area (Å²) in [4.78, 5) is 19.9. The maximum absolute atomic E-state index is 10.9. The van der Waals surface area contributed by atoms with E-state index in [4.69, 9.17) is 11.6 Å². The van der Waals surface area contributed by atoms with Crippen LogP contribution in [0.5, 0.6) is 5.75 Å². The van der Waals surface area contributed by atoms with Crippen LogP contribution in [0.15, 0.2) is 36.4 Å². The number of hydrogen-bond acceptors (Lipinski definition) is 5. The molecule has 0 aliphatic heterocycles. The van der Waals surface area contributed by atoms with Crippen molar-refractivity contribution in [2.75, 3.05) is 0 Å². The molecule has 2 aromatic rings. The number of aromatic hydroxyl groups is 1. The molecule has 0 saturated heterocycles. The molecule has 0 spiro atoms. The summed E-state index contributed by atoms with van der Waals surface area (Å²) >= 11 is 5.76. The summed E-state index contributed by atoms with van der Waals surface area (Å²) in [6.07, 6.45) is 0. The summed E-state index contributed by atoms with van der Waals surface area (Å²) in [7, 11) is 0. The van der Waals surface area contributed by atoms with E-state index in [1.54, 1.807) is 6.07 Å². The molecule has 8 heteroatoms. The molecule has 1 N–H and O–H groups in total. The molecular weight excluding hydrogens is 288 g/mol. The number of nitrogens with zero attached hydrogens (tertiary/aromatic N) is 2. The standard InChI is InChI=1S/C12H7ClN2O5/c13-9-3-1-2-8(12(9)16)7-4-5-10(14(17)18)11(6-7)15(19)20/h1-6,16H. The van der Waals surface area contributed by atoms with E-state index in [1.165, 1.54) is 18.2 Å². The Bertz CT molecular complexity index is 717. The van der Waals surface area contributed by atoms with Gasteiger partial charge in [0, 0.05) is 17.7 Å². The number of rotatable bonds is 3. The first kappa shape index (κ1) is 13.8. The predicted octanol–water partition coefficient (Wildman–Crippen LogP) is 3.53. The molecule has 0 aliphatic carbocycles. The number of nitro benzene ring substituents is 2. The van der Waals surface area contributed by atoms with Gasteiger partial charge in [-0.05, 0) is 17.7 Å². The van der Waals surface area contributed by atoms with E-state index >= 15 is 0 Å². The van der Waals surface area contributed by atoms with Crippen molar-refractivity contribution in [2.24, 2.45) is 0 Å². The van der Waals surface area contributed by atoms with E-state index in [0.717, 1.165) is 12.1 Å². The number of nitro groups is 2. The smallest absolute Gasteiger partial charge is 0.346 e. The Kier molecular flexibility index (Phi) is 3.53. The van der Waals surface area contributed by atoms with Crippen LogP contribution in [0.2, 0.25) is 5.02 Å². The summed E-state index contributed by atoms with van der Waals surface area (Å²) in [5, 5.41) is 31.5. The minimum absolute atomic E-state index is 0.0866. The fourth-order valence-electron chi connectivity index (χ4n) is 1.74. The second kappa shape index (κ2) is 5.14. The van der Waals surface area contributed by atoms with Crippen LogP contribution in [0.1, 0.15) is 0 Å². The van der Waals surface area contributed by atoms with Gasteiger partial charge in [-0.3, -0.25) is 20.2 Å². The predicted molar refractivity (Wildman–Crippen MR) is 71.9 cm³/mol. The van der Waals surface area contributed by atoms with E-state index < -0.39 is 21.2 Å².